The van der Waals surface area contributed by atoms with Crippen LogP contribution in [-0.2, 0) is 11.2 Å². The Balaban J connectivity index is 1.94. The van der Waals surface area contributed by atoms with Gasteiger partial charge in [-0.3, -0.25) is 4.79 Å². The van der Waals surface area contributed by atoms with Crippen molar-refractivity contribution < 1.29 is 9.90 Å². The van der Waals surface area contributed by atoms with E-state index in [-0.39, 0.29) is 12.0 Å². The average molecular weight is 261 g/mol. The third-order valence-electron chi connectivity index (χ3n) is 3.75. The second-order valence-corrected chi connectivity index (χ2v) is 5.71. The van der Waals surface area contributed by atoms with Gasteiger partial charge in [0.15, 0.2) is 0 Å². The molecular formula is C16H23NO2. The van der Waals surface area contributed by atoms with Crippen LogP contribution in [0.15, 0.2) is 24.3 Å². The zero-order valence-corrected chi connectivity index (χ0v) is 11.8. The minimum absolute atomic E-state index is 0.121. The molecule has 0 saturated carbocycles. The molecule has 1 aromatic carbocycles. The standard InChI is InChI=1S/C16H23NO2/c1-12(2)14-7-5-13(6-8-14)10-16(19)17-9-3-4-15(18)11-17/h5-8,12,15,18H,3-4,9-11H2,1-2H3. The molecule has 3 nitrogen and oxygen atoms in total. The number of piperidine rings is 1. The third-order valence-corrected chi connectivity index (χ3v) is 3.75. The summed E-state index contributed by atoms with van der Waals surface area (Å²) in [5.74, 6) is 0.637. The molecule has 1 fully saturated rings. The first kappa shape index (κ1) is 14.1. The van der Waals surface area contributed by atoms with E-state index < -0.39 is 0 Å². The second kappa shape index (κ2) is 6.20. The van der Waals surface area contributed by atoms with Gasteiger partial charge in [-0.05, 0) is 29.9 Å². The van der Waals surface area contributed by atoms with Crippen LogP contribution in [0.2, 0.25) is 0 Å². The SMILES string of the molecule is CC(C)c1ccc(CC(=O)N2CCCC(O)C2)cc1. The molecule has 0 bridgehead atoms. The molecule has 104 valence electrons. The van der Waals surface area contributed by atoms with E-state index in [2.05, 4.69) is 26.0 Å². The molecular weight excluding hydrogens is 238 g/mol. The molecule has 1 aromatic rings. The Bertz CT molecular complexity index is 425. The molecule has 3 heteroatoms. The molecule has 1 aliphatic rings. The first-order valence-corrected chi connectivity index (χ1v) is 7.11. The van der Waals surface area contributed by atoms with E-state index in [9.17, 15) is 9.90 Å². The topological polar surface area (TPSA) is 40.5 Å². The van der Waals surface area contributed by atoms with Gasteiger partial charge in [0.25, 0.3) is 0 Å². The van der Waals surface area contributed by atoms with Crippen molar-refractivity contribution in [1.82, 2.24) is 4.90 Å². The Morgan fingerprint density at radius 3 is 2.63 bits per heavy atom. The van der Waals surface area contributed by atoms with Gasteiger partial charge in [0.05, 0.1) is 12.5 Å². The number of likely N-dealkylation sites (tertiary alicyclic amines) is 1. The van der Waals surface area contributed by atoms with Gasteiger partial charge >= 0.3 is 0 Å². The molecule has 1 atom stereocenters. The summed E-state index contributed by atoms with van der Waals surface area (Å²) in [7, 11) is 0. The van der Waals surface area contributed by atoms with E-state index in [1.807, 2.05) is 12.1 Å². The highest BCUT2D eigenvalue weighted by atomic mass is 16.3. The average Bonchev–Trinajstić information content (AvgIpc) is 2.39. The highest BCUT2D eigenvalue weighted by Gasteiger charge is 2.21. The van der Waals surface area contributed by atoms with Gasteiger partial charge in [-0.25, -0.2) is 0 Å². The lowest BCUT2D eigenvalue weighted by atomic mass is 10.0. The number of β-amino-alcohol motifs (C(OH)–C–C–N with tert-alkyl or cyclic N) is 1. The fraction of sp³-hybridized carbons (Fsp3) is 0.562. The lowest BCUT2D eigenvalue weighted by Crippen LogP contribution is -2.42. The van der Waals surface area contributed by atoms with Crippen LogP contribution in [0.3, 0.4) is 0 Å². The van der Waals surface area contributed by atoms with E-state index in [0.29, 0.717) is 18.9 Å². The number of benzene rings is 1. The number of hydrogen-bond donors (Lipinski definition) is 1. The minimum atomic E-state index is -0.346. The molecule has 2 rings (SSSR count). The molecule has 19 heavy (non-hydrogen) atoms. The van der Waals surface area contributed by atoms with Crippen LogP contribution in [-0.4, -0.2) is 35.1 Å². The van der Waals surface area contributed by atoms with E-state index in [0.717, 1.165) is 24.9 Å². The Morgan fingerprint density at radius 1 is 1.37 bits per heavy atom. The summed E-state index contributed by atoms with van der Waals surface area (Å²) in [5, 5.41) is 9.60. The van der Waals surface area contributed by atoms with Gasteiger partial charge in [-0.15, -0.1) is 0 Å². The molecule has 0 aliphatic carbocycles. The number of amides is 1. The number of rotatable bonds is 3. The molecule has 0 aromatic heterocycles. The Morgan fingerprint density at radius 2 is 2.05 bits per heavy atom. The zero-order valence-electron chi connectivity index (χ0n) is 11.8. The van der Waals surface area contributed by atoms with E-state index in [4.69, 9.17) is 0 Å². The van der Waals surface area contributed by atoms with Crippen LogP contribution >= 0.6 is 0 Å². The van der Waals surface area contributed by atoms with E-state index in [1.54, 1.807) is 4.90 Å². The Hall–Kier alpha value is -1.35. The summed E-state index contributed by atoms with van der Waals surface area (Å²) >= 11 is 0. The van der Waals surface area contributed by atoms with Crippen molar-refractivity contribution in [3.8, 4) is 0 Å². The number of carbonyl (C=O) groups excluding carboxylic acids is 1. The van der Waals surface area contributed by atoms with Gasteiger partial charge in [-0.1, -0.05) is 38.1 Å². The number of aliphatic hydroxyl groups is 1. The van der Waals surface area contributed by atoms with E-state index >= 15 is 0 Å². The van der Waals surface area contributed by atoms with Gasteiger partial charge in [0, 0.05) is 13.1 Å². The number of hydrogen-bond acceptors (Lipinski definition) is 2. The van der Waals surface area contributed by atoms with Crippen LogP contribution in [0.5, 0.6) is 0 Å². The van der Waals surface area contributed by atoms with Gasteiger partial charge < -0.3 is 10.0 Å². The van der Waals surface area contributed by atoms with Gasteiger partial charge in [-0.2, -0.15) is 0 Å². The normalized spacial score (nSPS) is 19.8. The van der Waals surface area contributed by atoms with Crippen molar-refractivity contribution in [3.05, 3.63) is 35.4 Å². The first-order valence-electron chi connectivity index (χ1n) is 7.11. The van der Waals surface area contributed by atoms with Crippen LogP contribution in [0.4, 0.5) is 0 Å². The summed E-state index contributed by atoms with van der Waals surface area (Å²) in [5.41, 5.74) is 2.35. The molecule has 1 aliphatic heterocycles. The second-order valence-electron chi connectivity index (χ2n) is 5.71. The van der Waals surface area contributed by atoms with E-state index in [1.165, 1.54) is 5.56 Å². The van der Waals surface area contributed by atoms with Crippen LogP contribution in [0.25, 0.3) is 0 Å². The van der Waals surface area contributed by atoms with Crippen LogP contribution in [0.1, 0.15) is 43.7 Å². The summed E-state index contributed by atoms with van der Waals surface area (Å²) in [6.45, 7) is 5.59. The monoisotopic (exact) mass is 261 g/mol. The smallest absolute Gasteiger partial charge is 0.227 e. The highest BCUT2D eigenvalue weighted by Crippen LogP contribution is 2.16. The Labute approximate surface area is 115 Å². The predicted molar refractivity (Wildman–Crippen MR) is 76.1 cm³/mol. The predicted octanol–water partition coefficient (Wildman–Crippen LogP) is 2.34. The van der Waals surface area contributed by atoms with Crippen LogP contribution in [0, 0.1) is 0 Å². The molecule has 0 radical (unpaired) electrons. The number of nitrogens with zero attached hydrogens (tertiary/aromatic N) is 1. The molecule has 0 spiro atoms. The highest BCUT2D eigenvalue weighted by molar-refractivity contribution is 5.78. The van der Waals surface area contributed by atoms with Crippen molar-refractivity contribution in [1.29, 1.82) is 0 Å². The summed E-state index contributed by atoms with van der Waals surface area (Å²) < 4.78 is 0. The fourth-order valence-electron chi connectivity index (χ4n) is 2.49. The molecule has 1 amide bonds. The largest absolute Gasteiger partial charge is 0.391 e. The number of carbonyl (C=O) groups is 1. The zero-order chi connectivity index (χ0) is 13.8. The number of aliphatic hydroxyl groups excluding tert-OH is 1. The van der Waals surface area contributed by atoms with Crippen LogP contribution < -0.4 is 0 Å². The van der Waals surface area contributed by atoms with Crippen molar-refractivity contribution in [3.63, 3.8) is 0 Å². The van der Waals surface area contributed by atoms with Crippen molar-refractivity contribution in [2.24, 2.45) is 0 Å². The van der Waals surface area contributed by atoms with Crippen molar-refractivity contribution >= 4 is 5.91 Å². The van der Waals surface area contributed by atoms with Crippen molar-refractivity contribution in [2.45, 2.75) is 45.1 Å². The maximum Gasteiger partial charge on any atom is 0.227 e. The van der Waals surface area contributed by atoms with Gasteiger partial charge in [0.1, 0.15) is 0 Å². The summed E-state index contributed by atoms with van der Waals surface area (Å²) in [4.78, 5) is 13.9. The molecule has 1 saturated heterocycles. The summed E-state index contributed by atoms with van der Waals surface area (Å²) in [6, 6.07) is 8.26. The van der Waals surface area contributed by atoms with Crippen molar-refractivity contribution in [2.75, 3.05) is 13.1 Å². The molecule has 1 heterocycles. The Kier molecular flexibility index (Phi) is 4.59. The van der Waals surface area contributed by atoms with Gasteiger partial charge in [0.2, 0.25) is 5.91 Å². The lowest BCUT2D eigenvalue weighted by Gasteiger charge is -2.30. The quantitative estimate of drug-likeness (QED) is 0.907. The fourth-order valence-corrected chi connectivity index (χ4v) is 2.49. The lowest BCUT2D eigenvalue weighted by molar-refractivity contribution is -0.133. The first-order chi connectivity index (χ1) is 9.06. The summed E-state index contributed by atoms with van der Waals surface area (Å²) in [6.07, 6.45) is 1.80. The maximum atomic E-state index is 12.1. The molecule has 1 N–H and O–H groups in total. The molecule has 1 unspecified atom stereocenters. The minimum Gasteiger partial charge on any atom is -0.391 e. The maximum absolute atomic E-state index is 12.1. The third kappa shape index (κ3) is 3.80.